The largest absolute Gasteiger partial charge is 0.399 e. The number of nitrogens with one attached hydrogen (secondary N) is 1. The van der Waals surface area contributed by atoms with Crippen molar-refractivity contribution in [1.82, 2.24) is 0 Å². The van der Waals surface area contributed by atoms with E-state index in [-0.39, 0.29) is 17.8 Å². The van der Waals surface area contributed by atoms with Crippen molar-refractivity contribution >= 4 is 29.0 Å². The minimum absolute atomic E-state index is 0.0755. The van der Waals surface area contributed by atoms with E-state index in [4.69, 9.17) is 10.8 Å². The van der Waals surface area contributed by atoms with Crippen LogP contribution < -0.4 is 11.1 Å². The van der Waals surface area contributed by atoms with E-state index >= 15 is 0 Å². The molecule has 0 spiro atoms. The Balaban J connectivity index is 2.40. The van der Waals surface area contributed by atoms with Crippen LogP contribution in [0.1, 0.15) is 6.92 Å². The average molecular weight is 240 g/mol. The predicted octanol–water partition coefficient (Wildman–Crippen LogP) is 1.32. The van der Waals surface area contributed by atoms with Crippen molar-refractivity contribution in [3.63, 3.8) is 0 Å². The molecular formula is C11H16N2O2S. The summed E-state index contributed by atoms with van der Waals surface area (Å²) in [6.07, 6.45) is 0. The van der Waals surface area contributed by atoms with Crippen LogP contribution in [0.5, 0.6) is 0 Å². The van der Waals surface area contributed by atoms with Crippen molar-refractivity contribution in [1.29, 1.82) is 0 Å². The molecule has 88 valence electrons. The fraction of sp³-hybridized carbons (Fsp3) is 0.364. The van der Waals surface area contributed by atoms with Gasteiger partial charge in [-0.05, 0) is 18.2 Å². The van der Waals surface area contributed by atoms with Gasteiger partial charge in [-0.15, -0.1) is 11.8 Å². The molecule has 4 N–H and O–H groups in total. The SMILES string of the molecule is CC(CO)SCC(=O)Nc1cccc(N)c1. The van der Waals surface area contributed by atoms with E-state index < -0.39 is 0 Å². The Morgan fingerprint density at radius 1 is 1.62 bits per heavy atom. The summed E-state index contributed by atoms with van der Waals surface area (Å²) >= 11 is 1.41. The summed E-state index contributed by atoms with van der Waals surface area (Å²) in [5.74, 6) is 0.243. The Labute approximate surface area is 99.2 Å². The maximum Gasteiger partial charge on any atom is 0.234 e. The lowest BCUT2D eigenvalue weighted by molar-refractivity contribution is -0.113. The lowest BCUT2D eigenvalue weighted by Crippen LogP contribution is -2.16. The molecule has 0 fully saturated rings. The number of carbonyl (C=O) groups is 1. The molecule has 0 heterocycles. The second-order valence-electron chi connectivity index (χ2n) is 3.48. The first-order valence-corrected chi connectivity index (χ1v) is 6.04. The van der Waals surface area contributed by atoms with E-state index in [1.807, 2.05) is 6.92 Å². The number of aliphatic hydroxyl groups is 1. The standard InChI is InChI=1S/C11H16N2O2S/c1-8(6-14)16-7-11(15)13-10-4-2-3-9(12)5-10/h2-5,8,14H,6-7,12H2,1H3,(H,13,15). The van der Waals surface area contributed by atoms with E-state index in [0.717, 1.165) is 0 Å². The monoisotopic (exact) mass is 240 g/mol. The molecule has 0 aliphatic rings. The molecule has 0 radical (unpaired) electrons. The Kier molecular flexibility index (Phi) is 5.14. The Hall–Kier alpha value is -1.20. The topological polar surface area (TPSA) is 75.3 Å². The van der Waals surface area contributed by atoms with E-state index in [9.17, 15) is 4.79 Å². The van der Waals surface area contributed by atoms with Crippen LogP contribution in [-0.2, 0) is 4.79 Å². The van der Waals surface area contributed by atoms with Crippen molar-refractivity contribution in [3.8, 4) is 0 Å². The van der Waals surface area contributed by atoms with Crippen LogP contribution in [0.25, 0.3) is 0 Å². The molecule has 1 amide bonds. The van der Waals surface area contributed by atoms with Crippen LogP contribution in [0, 0.1) is 0 Å². The first-order valence-electron chi connectivity index (χ1n) is 4.99. The van der Waals surface area contributed by atoms with Crippen LogP contribution >= 0.6 is 11.8 Å². The third kappa shape index (κ3) is 4.55. The number of aliphatic hydroxyl groups excluding tert-OH is 1. The van der Waals surface area contributed by atoms with Gasteiger partial charge in [0.05, 0.1) is 12.4 Å². The quantitative estimate of drug-likeness (QED) is 0.679. The third-order valence-corrected chi connectivity index (χ3v) is 3.07. The summed E-state index contributed by atoms with van der Waals surface area (Å²) in [5.41, 5.74) is 6.90. The first kappa shape index (κ1) is 12.9. The second kappa shape index (κ2) is 6.40. The number of hydrogen-bond donors (Lipinski definition) is 3. The van der Waals surface area contributed by atoms with Crippen molar-refractivity contribution in [3.05, 3.63) is 24.3 Å². The van der Waals surface area contributed by atoms with Gasteiger partial charge in [0.25, 0.3) is 0 Å². The molecular weight excluding hydrogens is 224 g/mol. The molecule has 1 aromatic rings. The van der Waals surface area contributed by atoms with Gasteiger partial charge >= 0.3 is 0 Å². The number of thioether (sulfide) groups is 1. The summed E-state index contributed by atoms with van der Waals surface area (Å²) in [6, 6.07) is 7.04. The summed E-state index contributed by atoms with van der Waals surface area (Å²) in [6.45, 7) is 1.95. The average Bonchev–Trinajstić information content (AvgIpc) is 2.26. The van der Waals surface area contributed by atoms with Gasteiger partial charge in [0, 0.05) is 16.6 Å². The van der Waals surface area contributed by atoms with Gasteiger partial charge in [-0.25, -0.2) is 0 Å². The number of carbonyl (C=O) groups excluding carboxylic acids is 1. The van der Waals surface area contributed by atoms with Gasteiger partial charge in [0.1, 0.15) is 0 Å². The molecule has 0 saturated heterocycles. The van der Waals surface area contributed by atoms with Gasteiger partial charge in [0.15, 0.2) is 0 Å². The van der Waals surface area contributed by atoms with Crippen molar-refractivity contribution in [2.45, 2.75) is 12.2 Å². The van der Waals surface area contributed by atoms with Gasteiger partial charge < -0.3 is 16.2 Å². The smallest absolute Gasteiger partial charge is 0.234 e. The second-order valence-corrected chi connectivity index (χ2v) is 4.90. The summed E-state index contributed by atoms with van der Waals surface area (Å²) in [5, 5.41) is 11.6. The molecule has 0 aromatic heterocycles. The number of nitrogen functional groups attached to an aromatic ring is 1. The molecule has 1 aromatic carbocycles. The molecule has 16 heavy (non-hydrogen) atoms. The van der Waals surface area contributed by atoms with E-state index in [1.165, 1.54) is 11.8 Å². The zero-order valence-corrected chi connectivity index (χ0v) is 9.96. The summed E-state index contributed by atoms with van der Waals surface area (Å²) in [4.78, 5) is 11.5. The van der Waals surface area contributed by atoms with Crippen LogP contribution in [0.2, 0.25) is 0 Å². The maximum absolute atomic E-state index is 11.5. The van der Waals surface area contributed by atoms with E-state index in [2.05, 4.69) is 5.32 Å². The number of hydrogen-bond acceptors (Lipinski definition) is 4. The number of nitrogens with two attached hydrogens (primary N) is 1. The zero-order valence-electron chi connectivity index (χ0n) is 9.14. The first-order chi connectivity index (χ1) is 7.61. The van der Waals surface area contributed by atoms with Gasteiger partial charge in [0.2, 0.25) is 5.91 Å². The predicted molar refractivity (Wildman–Crippen MR) is 68.5 cm³/mol. The zero-order chi connectivity index (χ0) is 12.0. The third-order valence-electron chi connectivity index (χ3n) is 1.93. The fourth-order valence-corrected chi connectivity index (χ4v) is 1.70. The highest BCUT2D eigenvalue weighted by Gasteiger charge is 2.06. The van der Waals surface area contributed by atoms with E-state index in [0.29, 0.717) is 17.1 Å². The number of amides is 1. The Bertz CT molecular complexity index is 358. The minimum Gasteiger partial charge on any atom is -0.399 e. The van der Waals surface area contributed by atoms with E-state index in [1.54, 1.807) is 24.3 Å². The van der Waals surface area contributed by atoms with Gasteiger partial charge in [-0.3, -0.25) is 4.79 Å². The van der Waals surface area contributed by atoms with Crippen LogP contribution in [0.15, 0.2) is 24.3 Å². The Morgan fingerprint density at radius 3 is 3.00 bits per heavy atom. The van der Waals surface area contributed by atoms with Gasteiger partial charge in [-0.2, -0.15) is 0 Å². The molecule has 1 unspecified atom stereocenters. The highest BCUT2D eigenvalue weighted by atomic mass is 32.2. The van der Waals surface area contributed by atoms with Crippen molar-refractivity contribution in [2.75, 3.05) is 23.4 Å². The molecule has 4 nitrogen and oxygen atoms in total. The van der Waals surface area contributed by atoms with Crippen LogP contribution in [0.3, 0.4) is 0 Å². The highest BCUT2D eigenvalue weighted by molar-refractivity contribution is 8.00. The molecule has 0 aliphatic carbocycles. The number of anilines is 2. The minimum atomic E-state index is -0.0871. The number of benzene rings is 1. The Morgan fingerprint density at radius 2 is 2.38 bits per heavy atom. The van der Waals surface area contributed by atoms with Crippen molar-refractivity contribution < 1.29 is 9.90 Å². The molecule has 1 atom stereocenters. The maximum atomic E-state index is 11.5. The number of rotatable bonds is 5. The molecule has 1 rings (SSSR count). The lowest BCUT2D eigenvalue weighted by atomic mass is 10.3. The summed E-state index contributed by atoms with van der Waals surface area (Å²) in [7, 11) is 0. The lowest BCUT2D eigenvalue weighted by Gasteiger charge is -2.08. The molecule has 0 aliphatic heterocycles. The normalized spacial score (nSPS) is 12.1. The fourth-order valence-electron chi connectivity index (χ4n) is 1.08. The van der Waals surface area contributed by atoms with Crippen LogP contribution in [0.4, 0.5) is 11.4 Å². The van der Waals surface area contributed by atoms with Crippen molar-refractivity contribution in [2.24, 2.45) is 0 Å². The van der Waals surface area contributed by atoms with Crippen LogP contribution in [-0.4, -0.2) is 28.6 Å². The highest BCUT2D eigenvalue weighted by Crippen LogP contribution is 2.13. The molecule has 0 bridgehead atoms. The van der Waals surface area contributed by atoms with Gasteiger partial charge in [-0.1, -0.05) is 13.0 Å². The summed E-state index contributed by atoms with van der Waals surface area (Å²) < 4.78 is 0. The molecule has 5 heteroatoms. The molecule has 0 saturated carbocycles.